The Morgan fingerprint density at radius 1 is 1.24 bits per heavy atom. The van der Waals surface area contributed by atoms with Crippen LogP contribution in [-0.2, 0) is 27.5 Å². The third-order valence-electron chi connectivity index (χ3n) is 8.44. The first-order valence-corrected chi connectivity index (χ1v) is 13.8. The zero-order chi connectivity index (χ0) is 27.2. The molecule has 4 rings (SSSR count). The Morgan fingerprint density at radius 2 is 2.05 bits per heavy atom. The van der Waals surface area contributed by atoms with Gasteiger partial charge in [0.2, 0.25) is 12.3 Å². The van der Waals surface area contributed by atoms with Gasteiger partial charge in [-0.1, -0.05) is 31.2 Å². The number of carbonyl (C=O) groups is 3. The smallest absolute Gasteiger partial charge is 0.242 e. The van der Waals surface area contributed by atoms with Crippen LogP contribution in [0, 0.1) is 30.6 Å². The Morgan fingerprint density at radius 3 is 2.79 bits per heavy atom. The van der Waals surface area contributed by atoms with E-state index in [1.165, 1.54) is 37.6 Å². The number of fused-ring (bicyclic) bond motifs is 2. The van der Waals surface area contributed by atoms with Crippen molar-refractivity contribution in [3.05, 3.63) is 41.2 Å². The van der Waals surface area contributed by atoms with Crippen LogP contribution < -0.4 is 10.1 Å². The first kappa shape index (κ1) is 27.8. The molecule has 206 valence electrons. The number of aldehydes is 1. The monoisotopic (exact) mass is 523 g/mol. The highest BCUT2D eigenvalue weighted by atomic mass is 16.5. The van der Waals surface area contributed by atoms with E-state index in [0.29, 0.717) is 30.0 Å². The quantitative estimate of drug-likeness (QED) is 0.424. The molecule has 2 amide bonds. The molecular formula is C29H41N5O4. The molecule has 2 aromatic rings. The van der Waals surface area contributed by atoms with E-state index < -0.39 is 6.04 Å². The van der Waals surface area contributed by atoms with E-state index in [-0.39, 0.29) is 31.9 Å². The van der Waals surface area contributed by atoms with Crippen LogP contribution in [0.1, 0.15) is 75.2 Å². The average Bonchev–Trinajstić information content (AvgIpc) is 3.35. The molecule has 2 bridgehead atoms. The summed E-state index contributed by atoms with van der Waals surface area (Å²) in [5.41, 5.74) is 2.52. The molecular weight excluding hydrogens is 482 g/mol. The summed E-state index contributed by atoms with van der Waals surface area (Å²) in [6.07, 6.45) is 9.03. The number of aryl methyl sites for hydroxylation is 1. The molecule has 6 atom stereocenters. The molecule has 2 aliphatic rings. The van der Waals surface area contributed by atoms with Crippen LogP contribution in [0.5, 0.6) is 5.75 Å². The molecule has 6 unspecified atom stereocenters. The number of rotatable bonds is 12. The normalized spacial score (nSPS) is 25.3. The number of carbonyl (C=O) groups excluding carboxylic acids is 3. The van der Waals surface area contributed by atoms with Gasteiger partial charge in [-0.15, -0.1) is 5.10 Å². The van der Waals surface area contributed by atoms with E-state index in [1.54, 1.807) is 0 Å². The lowest BCUT2D eigenvalue weighted by atomic mass is 9.63. The van der Waals surface area contributed by atoms with Crippen molar-refractivity contribution in [2.24, 2.45) is 23.7 Å². The average molecular weight is 524 g/mol. The number of amides is 2. The van der Waals surface area contributed by atoms with Gasteiger partial charge < -0.3 is 19.7 Å². The second-order valence-corrected chi connectivity index (χ2v) is 11.3. The van der Waals surface area contributed by atoms with Gasteiger partial charge in [-0.3, -0.25) is 9.59 Å². The molecule has 0 saturated heterocycles. The maximum Gasteiger partial charge on any atom is 0.242 e. The van der Waals surface area contributed by atoms with Crippen molar-refractivity contribution in [3.8, 4) is 5.75 Å². The van der Waals surface area contributed by atoms with E-state index in [0.717, 1.165) is 34.9 Å². The van der Waals surface area contributed by atoms with Gasteiger partial charge in [0, 0.05) is 19.0 Å². The highest BCUT2D eigenvalue weighted by Gasteiger charge is 2.41. The fraction of sp³-hybridized carbons (Fsp3) is 0.621. The van der Waals surface area contributed by atoms with Crippen molar-refractivity contribution in [1.29, 1.82) is 0 Å². The molecule has 2 saturated carbocycles. The third kappa shape index (κ3) is 6.25. The summed E-state index contributed by atoms with van der Waals surface area (Å²) in [6.45, 7) is 7.11. The fourth-order valence-electron chi connectivity index (χ4n) is 6.81. The van der Waals surface area contributed by atoms with Gasteiger partial charge in [0.1, 0.15) is 30.4 Å². The predicted octanol–water partition coefficient (Wildman–Crippen LogP) is 3.85. The number of ether oxygens (including phenoxy) is 1. The van der Waals surface area contributed by atoms with E-state index >= 15 is 0 Å². The Hall–Kier alpha value is -3.23. The SMILES string of the molecule is CNC(=O)C(CCC=O)N(C=O)Cc1c(C)cccc1OCc1cn(C2C(C)CC3CC(C)CC2C3)nn1. The molecule has 0 spiro atoms. The van der Waals surface area contributed by atoms with Crippen LogP contribution in [-0.4, -0.2) is 51.6 Å². The number of likely N-dealkylation sites (N-methyl/N-ethyl adjacent to an activating group) is 1. The first-order valence-electron chi connectivity index (χ1n) is 13.8. The molecule has 1 heterocycles. The Kier molecular flexibility index (Phi) is 9.17. The van der Waals surface area contributed by atoms with Crippen molar-refractivity contribution in [2.75, 3.05) is 7.05 Å². The van der Waals surface area contributed by atoms with Gasteiger partial charge in [-0.05, 0) is 74.3 Å². The summed E-state index contributed by atoms with van der Waals surface area (Å²) in [6, 6.07) is 5.35. The predicted molar refractivity (Wildman–Crippen MR) is 143 cm³/mol. The zero-order valence-electron chi connectivity index (χ0n) is 23.0. The number of aromatic nitrogens is 3. The van der Waals surface area contributed by atoms with Crippen LogP contribution in [0.25, 0.3) is 0 Å². The minimum atomic E-state index is -0.741. The molecule has 1 aromatic carbocycles. The lowest BCUT2D eigenvalue weighted by molar-refractivity contribution is -0.133. The van der Waals surface area contributed by atoms with Crippen molar-refractivity contribution >= 4 is 18.6 Å². The molecule has 2 aliphatic carbocycles. The number of nitrogens with zero attached hydrogens (tertiary/aromatic N) is 4. The third-order valence-corrected chi connectivity index (χ3v) is 8.44. The maximum atomic E-state index is 12.5. The van der Waals surface area contributed by atoms with Gasteiger partial charge in [-0.2, -0.15) is 0 Å². The van der Waals surface area contributed by atoms with Gasteiger partial charge in [-0.25, -0.2) is 4.68 Å². The maximum absolute atomic E-state index is 12.5. The summed E-state index contributed by atoms with van der Waals surface area (Å²) in [5, 5.41) is 11.5. The molecule has 9 nitrogen and oxygen atoms in total. The molecule has 1 N–H and O–H groups in total. The molecule has 1 aromatic heterocycles. The molecule has 2 fully saturated rings. The van der Waals surface area contributed by atoms with Crippen LogP contribution in [0.2, 0.25) is 0 Å². The lowest BCUT2D eigenvalue weighted by Crippen LogP contribution is -2.45. The first-order chi connectivity index (χ1) is 18.3. The van der Waals surface area contributed by atoms with Gasteiger partial charge >= 0.3 is 0 Å². The topological polar surface area (TPSA) is 106 Å². The van der Waals surface area contributed by atoms with Crippen molar-refractivity contribution < 1.29 is 19.1 Å². The fourth-order valence-corrected chi connectivity index (χ4v) is 6.81. The number of hydrogen-bond donors (Lipinski definition) is 1. The molecule has 9 heteroatoms. The minimum absolute atomic E-state index is 0.190. The number of benzene rings is 1. The molecule has 38 heavy (non-hydrogen) atoms. The standard InChI is InChI=1S/C29H41N5O4/c1-19-11-22-13-21(3)28(23(12-19)14-22)34-15-24(31-32-34)17-38-27-9-5-7-20(2)25(27)16-33(18-36)26(8-6-10-35)29(37)30-4/h5,7,9-10,15,18-19,21-23,26,28H,6,8,11-14,16-17H2,1-4H3,(H,30,37). The van der Waals surface area contributed by atoms with E-state index in [4.69, 9.17) is 4.74 Å². The van der Waals surface area contributed by atoms with Crippen LogP contribution in [0.4, 0.5) is 0 Å². The summed E-state index contributed by atoms with van der Waals surface area (Å²) in [7, 11) is 1.52. The minimum Gasteiger partial charge on any atom is -0.487 e. The molecule has 0 aliphatic heterocycles. The van der Waals surface area contributed by atoms with E-state index in [9.17, 15) is 14.4 Å². The summed E-state index contributed by atoms with van der Waals surface area (Å²) >= 11 is 0. The summed E-state index contributed by atoms with van der Waals surface area (Å²) in [5.74, 6) is 3.16. The zero-order valence-corrected chi connectivity index (χ0v) is 23.0. The van der Waals surface area contributed by atoms with Crippen molar-refractivity contribution in [1.82, 2.24) is 25.2 Å². The Labute approximate surface area is 225 Å². The van der Waals surface area contributed by atoms with Gasteiger partial charge in [0.05, 0.1) is 18.8 Å². The number of hydrogen-bond acceptors (Lipinski definition) is 6. The summed E-state index contributed by atoms with van der Waals surface area (Å²) in [4.78, 5) is 36.8. The number of nitrogens with one attached hydrogen (secondary N) is 1. The highest BCUT2D eigenvalue weighted by Crippen LogP contribution is 2.49. The lowest BCUT2D eigenvalue weighted by Gasteiger charge is -2.46. The van der Waals surface area contributed by atoms with Gasteiger partial charge in [0.25, 0.3) is 0 Å². The van der Waals surface area contributed by atoms with Gasteiger partial charge in [0.15, 0.2) is 0 Å². The van der Waals surface area contributed by atoms with E-state index in [2.05, 4.69) is 34.2 Å². The second kappa shape index (κ2) is 12.5. The second-order valence-electron chi connectivity index (χ2n) is 11.3. The Balaban J connectivity index is 1.47. The van der Waals surface area contributed by atoms with Crippen LogP contribution >= 0.6 is 0 Å². The highest BCUT2D eigenvalue weighted by molar-refractivity contribution is 5.83. The molecule has 0 radical (unpaired) electrons. The van der Waals surface area contributed by atoms with Crippen molar-refractivity contribution in [2.45, 2.75) is 84.5 Å². The Bertz CT molecular complexity index is 1110. The van der Waals surface area contributed by atoms with E-state index in [1.807, 2.05) is 31.3 Å². The van der Waals surface area contributed by atoms with Crippen LogP contribution in [0.15, 0.2) is 24.4 Å². The van der Waals surface area contributed by atoms with Crippen LogP contribution in [0.3, 0.4) is 0 Å². The summed E-state index contributed by atoms with van der Waals surface area (Å²) < 4.78 is 8.27. The largest absolute Gasteiger partial charge is 0.487 e. The van der Waals surface area contributed by atoms with Crippen molar-refractivity contribution in [3.63, 3.8) is 0 Å².